The van der Waals surface area contributed by atoms with Crippen molar-refractivity contribution in [1.82, 2.24) is 4.90 Å². The van der Waals surface area contributed by atoms with Gasteiger partial charge in [-0.05, 0) is 38.2 Å². The average Bonchev–Trinajstić information content (AvgIpc) is 2.44. The number of phenols is 1. The number of unbranched alkanes of at least 4 members (excludes halogenated alkanes) is 1. The van der Waals surface area contributed by atoms with Gasteiger partial charge in [-0.1, -0.05) is 13.3 Å². The van der Waals surface area contributed by atoms with Gasteiger partial charge in [-0.25, -0.2) is 4.79 Å². The van der Waals surface area contributed by atoms with Crippen molar-refractivity contribution in [2.75, 3.05) is 25.5 Å². The van der Waals surface area contributed by atoms with Crippen LogP contribution in [0.4, 0.5) is 5.69 Å². The topological polar surface area (TPSA) is 89.9 Å². The zero-order chi connectivity index (χ0) is 15.8. The van der Waals surface area contributed by atoms with Crippen molar-refractivity contribution >= 4 is 17.6 Å². The van der Waals surface area contributed by atoms with Crippen LogP contribution in [0.15, 0.2) is 18.2 Å². The van der Waals surface area contributed by atoms with Gasteiger partial charge in [0.1, 0.15) is 11.3 Å². The monoisotopic (exact) mass is 294 g/mol. The highest BCUT2D eigenvalue weighted by Gasteiger charge is 2.11. The molecule has 0 atom stereocenters. The Balaban J connectivity index is 2.51. The largest absolute Gasteiger partial charge is 0.507 e. The number of carboxylic acid groups (broad SMARTS) is 1. The molecule has 0 aliphatic rings. The molecule has 0 aliphatic heterocycles. The molecular formula is C15H22N2O4. The third-order valence-corrected chi connectivity index (χ3v) is 3.12. The molecule has 0 saturated heterocycles. The van der Waals surface area contributed by atoms with E-state index in [9.17, 15) is 14.7 Å². The van der Waals surface area contributed by atoms with E-state index < -0.39 is 5.97 Å². The van der Waals surface area contributed by atoms with Crippen LogP contribution in [0.5, 0.6) is 5.75 Å². The van der Waals surface area contributed by atoms with Crippen LogP contribution in [0.2, 0.25) is 0 Å². The van der Waals surface area contributed by atoms with Crippen LogP contribution >= 0.6 is 0 Å². The summed E-state index contributed by atoms with van der Waals surface area (Å²) in [6.45, 7) is 3.72. The van der Waals surface area contributed by atoms with Crippen molar-refractivity contribution < 1.29 is 19.8 Å². The first-order valence-corrected chi connectivity index (χ1v) is 6.98. The number of benzene rings is 1. The maximum Gasteiger partial charge on any atom is 0.339 e. The molecule has 1 amide bonds. The molecule has 0 heterocycles. The van der Waals surface area contributed by atoms with Gasteiger partial charge in [-0.3, -0.25) is 4.79 Å². The fourth-order valence-corrected chi connectivity index (χ4v) is 1.84. The van der Waals surface area contributed by atoms with Crippen LogP contribution in [0, 0.1) is 0 Å². The smallest absolute Gasteiger partial charge is 0.339 e. The fourth-order valence-electron chi connectivity index (χ4n) is 1.84. The number of anilines is 1. The van der Waals surface area contributed by atoms with Gasteiger partial charge >= 0.3 is 5.97 Å². The minimum atomic E-state index is -1.23. The van der Waals surface area contributed by atoms with Crippen LogP contribution in [0.25, 0.3) is 0 Å². The molecule has 0 spiro atoms. The maximum atomic E-state index is 11.8. The van der Waals surface area contributed by atoms with E-state index in [-0.39, 0.29) is 17.2 Å². The van der Waals surface area contributed by atoms with Gasteiger partial charge in [0, 0.05) is 18.7 Å². The normalized spacial score (nSPS) is 10.6. The zero-order valence-electron chi connectivity index (χ0n) is 12.4. The van der Waals surface area contributed by atoms with Crippen LogP contribution in [0.3, 0.4) is 0 Å². The molecule has 0 radical (unpaired) electrons. The molecule has 0 bridgehead atoms. The molecule has 21 heavy (non-hydrogen) atoms. The number of hydrogen-bond acceptors (Lipinski definition) is 4. The predicted molar refractivity (Wildman–Crippen MR) is 80.7 cm³/mol. The summed E-state index contributed by atoms with van der Waals surface area (Å²) in [5, 5.41) is 20.9. The number of aromatic carboxylic acids is 1. The van der Waals surface area contributed by atoms with Gasteiger partial charge in [0.2, 0.25) is 5.91 Å². The lowest BCUT2D eigenvalue weighted by Gasteiger charge is -2.15. The second-order valence-corrected chi connectivity index (χ2v) is 4.99. The minimum Gasteiger partial charge on any atom is -0.507 e. The fraction of sp³-hybridized carbons (Fsp3) is 0.467. The molecule has 0 aliphatic carbocycles. The highest BCUT2D eigenvalue weighted by Crippen LogP contribution is 2.21. The second kappa shape index (κ2) is 8.26. The Morgan fingerprint density at radius 3 is 2.62 bits per heavy atom. The number of amides is 1. The summed E-state index contributed by atoms with van der Waals surface area (Å²) in [5.74, 6) is -1.73. The Labute approximate surface area is 124 Å². The summed E-state index contributed by atoms with van der Waals surface area (Å²) in [5.41, 5.74) is 0.138. The van der Waals surface area contributed by atoms with E-state index >= 15 is 0 Å². The number of carbonyl (C=O) groups excluding carboxylic acids is 1. The number of hydrogen-bond donors (Lipinski definition) is 3. The van der Waals surface area contributed by atoms with Gasteiger partial charge in [0.25, 0.3) is 0 Å². The van der Waals surface area contributed by atoms with E-state index in [1.165, 1.54) is 18.2 Å². The third-order valence-electron chi connectivity index (χ3n) is 3.12. The Morgan fingerprint density at radius 1 is 1.29 bits per heavy atom. The highest BCUT2D eigenvalue weighted by molar-refractivity contribution is 5.95. The molecule has 1 rings (SSSR count). The quantitative estimate of drug-likeness (QED) is 0.639. The summed E-state index contributed by atoms with van der Waals surface area (Å²) in [6, 6.07) is 3.98. The van der Waals surface area contributed by atoms with E-state index in [1.54, 1.807) is 0 Å². The van der Waals surface area contributed by atoms with Gasteiger partial charge in [0.05, 0.1) is 0 Å². The number of rotatable bonds is 8. The number of aromatic hydroxyl groups is 1. The number of carbonyl (C=O) groups is 2. The predicted octanol–water partition coefficient (Wildman–Crippen LogP) is 2.15. The highest BCUT2D eigenvalue weighted by atomic mass is 16.4. The third kappa shape index (κ3) is 5.83. The Morgan fingerprint density at radius 2 is 2.00 bits per heavy atom. The van der Waals surface area contributed by atoms with Crippen molar-refractivity contribution in [2.24, 2.45) is 0 Å². The molecule has 0 unspecified atom stereocenters. The number of nitrogens with zero attached hydrogens (tertiary/aromatic N) is 1. The molecule has 6 heteroatoms. The molecule has 0 fully saturated rings. The first kappa shape index (κ1) is 17.0. The Kier molecular flexibility index (Phi) is 6.68. The van der Waals surface area contributed by atoms with Crippen molar-refractivity contribution in [3.8, 4) is 5.75 Å². The van der Waals surface area contributed by atoms with E-state index in [2.05, 4.69) is 17.1 Å². The van der Waals surface area contributed by atoms with Crippen molar-refractivity contribution in [3.05, 3.63) is 23.8 Å². The molecule has 0 saturated carbocycles. The standard InChI is InChI=1S/C15H22N2O4/c1-3-4-8-17(2)9-7-14(19)16-11-5-6-13(18)12(10-11)15(20)21/h5-6,10,18H,3-4,7-9H2,1-2H3,(H,16,19)(H,20,21). The van der Waals surface area contributed by atoms with Gasteiger partial charge in [-0.2, -0.15) is 0 Å². The molecule has 0 aromatic heterocycles. The van der Waals surface area contributed by atoms with Gasteiger partial charge in [-0.15, -0.1) is 0 Å². The van der Waals surface area contributed by atoms with E-state index in [1.807, 2.05) is 7.05 Å². The zero-order valence-corrected chi connectivity index (χ0v) is 12.4. The first-order valence-electron chi connectivity index (χ1n) is 6.98. The maximum absolute atomic E-state index is 11.8. The molecule has 3 N–H and O–H groups in total. The number of nitrogens with one attached hydrogen (secondary N) is 1. The summed E-state index contributed by atoms with van der Waals surface area (Å²) < 4.78 is 0. The lowest BCUT2D eigenvalue weighted by Crippen LogP contribution is -2.25. The summed E-state index contributed by atoms with van der Waals surface area (Å²) >= 11 is 0. The molecule has 6 nitrogen and oxygen atoms in total. The molecular weight excluding hydrogens is 272 g/mol. The lowest BCUT2D eigenvalue weighted by atomic mass is 10.1. The minimum absolute atomic E-state index is 0.180. The van der Waals surface area contributed by atoms with Crippen molar-refractivity contribution in [3.63, 3.8) is 0 Å². The SMILES string of the molecule is CCCCN(C)CCC(=O)Nc1ccc(O)c(C(=O)O)c1. The molecule has 1 aromatic carbocycles. The van der Waals surface area contributed by atoms with Crippen LogP contribution in [-0.4, -0.2) is 47.1 Å². The van der Waals surface area contributed by atoms with Crippen LogP contribution in [0.1, 0.15) is 36.5 Å². The molecule has 116 valence electrons. The summed E-state index contributed by atoms with van der Waals surface area (Å²) in [4.78, 5) is 24.8. The van der Waals surface area contributed by atoms with Crippen LogP contribution in [-0.2, 0) is 4.79 Å². The molecule has 1 aromatic rings. The van der Waals surface area contributed by atoms with Gasteiger partial charge < -0.3 is 20.4 Å². The van der Waals surface area contributed by atoms with E-state index in [0.29, 0.717) is 18.7 Å². The van der Waals surface area contributed by atoms with E-state index in [4.69, 9.17) is 5.11 Å². The average molecular weight is 294 g/mol. The van der Waals surface area contributed by atoms with Gasteiger partial charge in [0.15, 0.2) is 0 Å². The second-order valence-electron chi connectivity index (χ2n) is 4.99. The lowest BCUT2D eigenvalue weighted by molar-refractivity contribution is -0.116. The Bertz CT molecular complexity index is 502. The first-order chi connectivity index (χ1) is 9.93. The van der Waals surface area contributed by atoms with Crippen molar-refractivity contribution in [1.29, 1.82) is 0 Å². The summed E-state index contributed by atoms with van der Waals surface area (Å²) in [6.07, 6.45) is 2.55. The van der Waals surface area contributed by atoms with Crippen molar-refractivity contribution in [2.45, 2.75) is 26.2 Å². The van der Waals surface area contributed by atoms with Crippen LogP contribution < -0.4 is 5.32 Å². The van der Waals surface area contributed by atoms with E-state index in [0.717, 1.165) is 19.4 Å². The number of carboxylic acids is 1. The Hall–Kier alpha value is -2.08. The summed E-state index contributed by atoms with van der Waals surface area (Å²) in [7, 11) is 1.96.